The lowest BCUT2D eigenvalue weighted by Gasteiger charge is -2.18. The van der Waals surface area contributed by atoms with E-state index in [-0.39, 0.29) is 0 Å². The van der Waals surface area contributed by atoms with Gasteiger partial charge in [-0.3, -0.25) is 9.89 Å². The molecule has 0 spiro atoms. The summed E-state index contributed by atoms with van der Waals surface area (Å²) in [6.07, 6.45) is 9.40. The van der Waals surface area contributed by atoms with Gasteiger partial charge in [0.05, 0.1) is 0 Å². The van der Waals surface area contributed by atoms with E-state index < -0.39 is 0 Å². The van der Waals surface area contributed by atoms with E-state index in [0.717, 1.165) is 29.9 Å². The highest BCUT2D eigenvalue weighted by Crippen LogP contribution is 2.29. The second-order valence-electron chi connectivity index (χ2n) is 6.75. The first-order valence-corrected chi connectivity index (χ1v) is 8.98. The van der Waals surface area contributed by atoms with Crippen molar-refractivity contribution in [1.82, 2.24) is 30.3 Å². The zero-order valence-electron chi connectivity index (χ0n) is 14.6. The fraction of sp³-hybridized carbons (Fsp3) is 0.500. The molecule has 1 unspecified atom stereocenters. The smallest absolute Gasteiger partial charge is 0.191 e. The Kier molecular flexibility index (Phi) is 4.65. The average Bonchev–Trinajstić information content (AvgIpc) is 3.16. The zero-order valence-corrected chi connectivity index (χ0v) is 14.6. The number of aliphatic imine (C=N–C) groups is 1. The highest BCUT2D eigenvalue weighted by Gasteiger charge is 2.34. The van der Waals surface area contributed by atoms with Crippen LogP contribution in [0.15, 0.2) is 41.8 Å². The van der Waals surface area contributed by atoms with E-state index in [1.54, 1.807) is 10.9 Å². The van der Waals surface area contributed by atoms with Gasteiger partial charge in [0.25, 0.3) is 0 Å². The number of aromatic nitrogens is 3. The first kappa shape index (κ1) is 16.1. The molecule has 4 rings (SSSR count). The predicted octanol–water partition coefficient (Wildman–Crippen LogP) is 1.17. The Morgan fingerprint density at radius 3 is 3.00 bits per heavy atom. The molecule has 1 saturated carbocycles. The van der Waals surface area contributed by atoms with E-state index in [4.69, 9.17) is 0 Å². The second kappa shape index (κ2) is 7.23. The van der Waals surface area contributed by atoms with Gasteiger partial charge in [-0.1, -0.05) is 0 Å². The number of hydrogen-bond acceptors (Lipinski definition) is 4. The quantitative estimate of drug-likeness (QED) is 0.632. The molecule has 1 saturated heterocycles. The Morgan fingerprint density at radius 2 is 2.24 bits per heavy atom. The maximum absolute atomic E-state index is 4.37. The van der Waals surface area contributed by atoms with Crippen LogP contribution in [0.3, 0.4) is 0 Å². The standard InChI is InChI=1S/C18H25N7/c1-19-18(23-15-6-10-24(13-15)16-3-4-16)21-12-14-5-8-20-17(11-14)25-9-2-7-22-25/h2,5,7-9,11,15-16H,3-4,6,10,12-13H2,1H3,(H2,19,21,23). The number of hydrogen-bond donors (Lipinski definition) is 2. The summed E-state index contributed by atoms with van der Waals surface area (Å²) in [6.45, 7) is 3.04. The number of nitrogens with one attached hydrogen (secondary N) is 2. The molecule has 7 heteroatoms. The Morgan fingerprint density at radius 1 is 1.32 bits per heavy atom. The molecule has 1 aliphatic heterocycles. The lowest BCUT2D eigenvalue weighted by Crippen LogP contribution is -2.44. The minimum absolute atomic E-state index is 0.490. The van der Waals surface area contributed by atoms with Gasteiger partial charge in [-0.2, -0.15) is 5.10 Å². The molecule has 0 radical (unpaired) electrons. The van der Waals surface area contributed by atoms with E-state index in [9.17, 15) is 0 Å². The van der Waals surface area contributed by atoms with Gasteiger partial charge in [-0.15, -0.1) is 0 Å². The van der Waals surface area contributed by atoms with Gasteiger partial charge in [0.2, 0.25) is 0 Å². The topological polar surface area (TPSA) is 70.4 Å². The van der Waals surface area contributed by atoms with Crippen LogP contribution in [0.25, 0.3) is 5.82 Å². The summed E-state index contributed by atoms with van der Waals surface area (Å²) < 4.78 is 1.77. The molecule has 2 aliphatic rings. The third-order valence-corrected chi connectivity index (χ3v) is 4.86. The number of nitrogens with zero attached hydrogens (tertiary/aromatic N) is 5. The van der Waals surface area contributed by atoms with Gasteiger partial charge in [0, 0.05) is 57.4 Å². The Bertz CT molecular complexity index is 721. The van der Waals surface area contributed by atoms with Crippen molar-refractivity contribution in [2.24, 2.45) is 4.99 Å². The van der Waals surface area contributed by atoms with Gasteiger partial charge in [0.1, 0.15) is 0 Å². The molecule has 2 aromatic rings. The van der Waals surface area contributed by atoms with Crippen molar-refractivity contribution in [2.75, 3.05) is 20.1 Å². The van der Waals surface area contributed by atoms with Crippen LogP contribution in [-0.4, -0.2) is 57.8 Å². The van der Waals surface area contributed by atoms with E-state index >= 15 is 0 Å². The fourth-order valence-electron chi connectivity index (χ4n) is 3.35. The Balaban J connectivity index is 1.31. The lowest BCUT2D eigenvalue weighted by atomic mass is 10.2. The molecule has 2 aromatic heterocycles. The number of guanidine groups is 1. The van der Waals surface area contributed by atoms with Crippen LogP contribution in [-0.2, 0) is 6.54 Å². The monoisotopic (exact) mass is 339 g/mol. The molecule has 0 aromatic carbocycles. The fourth-order valence-corrected chi connectivity index (χ4v) is 3.35. The number of likely N-dealkylation sites (tertiary alicyclic amines) is 1. The van der Waals surface area contributed by atoms with E-state index in [2.05, 4.69) is 30.6 Å². The van der Waals surface area contributed by atoms with Crippen LogP contribution in [0.2, 0.25) is 0 Å². The summed E-state index contributed by atoms with van der Waals surface area (Å²) in [7, 11) is 1.82. The van der Waals surface area contributed by atoms with Gasteiger partial charge in [0.15, 0.2) is 11.8 Å². The van der Waals surface area contributed by atoms with Crippen molar-refractivity contribution >= 4 is 5.96 Å². The zero-order chi connectivity index (χ0) is 17.1. The molecule has 1 atom stereocenters. The molecular formula is C18H25N7. The van der Waals surface area contributed by atoms with E-state index in [1.807, 2.05) is 37.6 Å². The molecule has 2 fully saturated rings. The summed E-state index contributed by atoms with van der Waals surface area (Å²) in [4.78, 5) is 11.3. The first-order valence-electron chi connectivity index (χ1n) is 8.98. The van der Waals surface area contributed by atoms with Crippen LogP contribution in [0.5, 0.6) is 0 Å². The third-order valence-electron chi connectivity index (χ3n) is 4.86. The van der Waals surface area contributed by atoms with Gasteiger partial charge in [-0.25, -0.2) is 9.67 Å². The Hall–Kier alpha value is -2.41. The maximum Gasteiger partial charge on any atom is 0.191 e. The van der Waals surface area contributed by atoms with Crippen molar-refractivity contribution in [1.29, 1.82) is 0 Å². The van der Waals surface area contributed by atoms with Crippen LogP contribution in [0.1, 0.15) is 24.8 Å². The number of rotatable bonds is 5. The van der Waals surface area contributed by atoms with Gasteiger partial charge >= 0.3 is 0 Å². The number of pyridine rings is 1. The van der Waals surface area contributed by atoms with Crippen molar-refractivity contribution in [3.63, 3.8) is 0 Å². The summed E-state index contributed by atoms with van der Waals surface area (Å²) >= 11 is 0. The summed E-state index contributed by atoms with van der Waals surface area (Å²) in [5.41, 5.74) is 1.15. The lowest BCUT2D eigenvalue weighted by molar-refractivity contribution is 0.321. The second-order valence-corrected chi connectivity index (χ2v) is 6.75. The Labute approximate surface area is 148 Å². The molecule has 0 amide bonds. The van der Waals surface area contributed by atoms with Crippen molar-refractivity contribution in [3.8, 4) is 5.82 Å². The van der Waals surface area contributed by atoms with Crippen molar-refractivity contribution in [2.45, 2.75) is 37.9 Å². The normalized spacial score (nSPS) is 21.5. The molecule has 7 nitrogen and oxygen atoms in total. The minimum Gasteiger partial charge on any atom is -0.352 e. The van der Waals surface area contributed by atoms with Crippen molar-refractivity contribution in [3.05, 3.63) is 42.4 Å². The summed E-state index contributed by atoms with van der Waals surface area (Å²) in [5, 5.41) is 11.2. The average molecular weight is 339 g/mol. The maximum atomic E-state index is 4.37. The molecular weight excluding hydrogens is 314 g/mol. The highest BCUT2D eigenvalue weighted by atomic mass is 15.3. The molecule has 132 valence electrons. The summed E-state index contributed by atoms with van der Waals surface area (Å²) in [5.74, 6) is 1.68. The largest absolute Gasteiger partial charge is 0.352 e. The molecule has 3 heterocycles. The van der Waals surface area contributed by atoms with E-state index in [1.165, 1.54) is 25.8 Å². The van der Waals surface area contributed by atoms with E-state index in [0.29, 0.717) is 12.6 Å². The highest BCUT2D eigenvalue weighted by molar-refractivity contribution is 5.80. The third kappa shape index (κ3) is 3.99. The molecule has 25 heavy (non-hydrogen) atoms. The first-order chi connectivity index (χ1) is 12.3. The van der Waals surface area contributed by atoms with Crippen LogP contribution < -0.4 is 10.6 Å². The van der Waals surface area contributed by atoms with Gasteiger partial charge < -0.3 is 10.6 Å². The van der Waals surface area contributed by atoms with Crippen LogP contribution in [0, 0.1) is 0 Å². The molecule has 2 N–H and O–H groups in total. The van der Waals surface area contributed by atoms with Crippen LogP contribution in [0.4, 0.5) is 0 Å². The van der Waals surface area contributed by atoms with Gasteiger partial charge in [-0.05, 0) is 43.0 Å². The van der Waals surface area contributed by atoms with Crippen molar-refractivity contribution < 1.29 is 0 Å². The molecule has 1 aliphatic carbocycles. The predicted molar refractivity (Wildman–Crippen MR) is 97.7 cm³/mol. The van der Waals surface area contributed by atoms with Crippen LogP contribution >= 0.6 is 0 Å². The molecule has 0 bridgehead atoms. The minimum atomic E-state index is 0.490. The SMILES string of the molecule is CN=C(NCc1ccnc(-n2cccn2)c1)NC1CCN(C2CC2)C1. The summed E-state index contributed by atoms with van der Waals surface area (Å²) in [6, 6.07) is 7.28.